The van der Waals surface area contributed by atoms with Gasteiger partial charge in [-0.15, -0.1) is 0 Å². The fraction of sp³-hybridized carbons (Fsp3) is 0.222. The van der Waals surface area contributed by atoms with E-state index < -0.39 is 11.9 Å². The number of aromatic nitrogens is 1. The summed E-state index contributed by atoms with van der Waals surface area (Å²) in [5.41, 5.74) is 0. The molecule has 0 aliphatic rings. The third-order valence-electron chi connectivity index (χ3n) is 1.66. The van der Waals surface area contributed by atoms with Crippen molar-refractivity contribution in [1.29, 1.82) is 0 Å². The average molecular weight is 194 g/mol. The number of ether oxygens (including phenoxy) is 1. The average Bonchev–Trinajstić information content (AvgIpc) is 2.27. The molecule has 0 atom stereocenters. The van der Waals surface area contributed by atoms with Crippen LogP contribution in [0.25, 0.3) is 0 Å². The van der Waals surface area contributed by atoms with Crippen LogP contribution in [-0.4, -0.2) is 31.0 Å². The van der Waals surface area contributed by atoms with Crippen molar-refractivity contribution in [2.45, 2.75) is 0 Å². The highest BCUT2D eigenvalue weighted by Gasteiger charge is 2.20. The molecule has 0 unspecified atom stereocenters. The van der Waals surface area contributed by atoms with Gasteiger partial charge < -0.3 is 4.74 Å². The summed E-state index contributed by atoms with van der Waals surface area (Å²) in [4.78, 5) is 27.2. The van der Waals surface area contributed by atoms with E-state index in [1.54, 1.807) is 18.2 Å². The van der Waals surface area contributed by atoms with Crippen LogP contribution in [0.1, 0.15) is 0 Å². The smallest absolute Gasteiger partial charge is 0.397 e. The molecule has 0 aliphatic carbocycles. The number of anilines is 1. The van der Waals surface area contributed by atoms with Crippen molar-refractivity contribution in [3.63, 3.8) is 0 Å². The van der Waals surface area contributed by atoms with Crippen molar-refractivity contribution in [1.82, 2.24) is 4.98 Å². The normalized spacial score (nSPS) is 9.29. The number of likely N-dealkylation sites (N-methyl/N-ethyl adjacent to an activating group) is 1. The van der Waals surface area contributed by atoms with Gasteiger partial charge in [-0.05, 0) is 12.1 Å². The zero-order chi connectivity index (χ0) is 10.6. The summed E-state index contributed by atoms with van der Waals surface area (Å²) in [6.45, 7) is 0. The molecule has 1 rings (SSSR count). The minimum atomic E-state index is -0.904. The monoisotopic (exact) mass is 194 g/mol. The Morgan fingerprint density at radius 2 is 2.14 bits per heavy atom. The number of methoxy groups -OCH3 is 1. The Kier molecular flexibility index (Phi) is 3.17. The first-order chi connectivity index (χ1) is 6.66. The number of nitrogens with zero attached hydrogens (tertiary/aromatic N) is 2. The SMILES string of the molecule is COC(=O)C(=O)N(C)c1ccccn1. The molecule has 0 bridgehead atoms. The highest BCUT2D eigenvalue weighted by atomic mass is 16.5. The molecule has 0 saturated heterocycles. The summed E-state index contributed by atoms with van der Waals surface area (Å²) >= 11 is 0. The van der Waals surface area contributed by atoms with E-state index in [-0.39, 0.29) is 0 Å². The Hall–Kier alpha value is -1.91. The summed E-state index contributed by atoms with van der Waals surface area (Å²) in [6.07, 6.45) is 1.54. The number of hydrogen-bond donors (Lipinski definition) is 0. The van der Waals surface area contributed by atoms with E-state index in [9.17, 15) is 9.59 Å². The molecular weight excluding hydrogens is 184 g/mol. The minimum absolute atomic E-state index is 0.405. The molecule has 14 heavy (non-hydrogen) atoms. The zero-order valence-electron chi connectivity index (χ0n) is 7.93. The van der Waals surface area contributed by atoms with E-state index in [4.69, 9.17) is 0 Å². The lowest BCUT2D eigenvalue weighted by Gasteiger charge is -2.13. The molecule has 1 heterocycles. The lowest BCUT2D eigenvalue weighted by Crippen LogP contribution is -2.34. The van der Waals surface area contributed by atoms with Gasteiger partial charge in [-0.1, -0.05) is 6.07 Å². The molecular formula is C9H10N2O3. The number of rotatable bonds is 1. The number of carbonyl (C=O) groups is 2. The van der Waals surface area contributed by atoms with Gasteiger partial charge in [0.15, 0.2) is 0 Å². The first-order valence-electron chi connectivity index (χ1n) is 3.94. The zero-order valence-corrected chi connectivity index (χ0v) is 7.93. The standard InChI is InChI=1S/C9H10N2O3/c1-11(8(12)9(13)14-2)7-5-3-4-6-10-7/h3-6H,1-2H3. The fourth-order valence-electron chi connectivity index (χ4n) is 0.880. The lowest BCUT2D eigenvalue weighted by atomic mass is 10.4. The number of carbonyl (C=O) groups excluding carboxylic acids is 2. The minimum Gasteiger partial charge on any atom is -0.462 e. The molecule has 0 radical (unpaired) electrons. The van der Waals surface area contributed by atoms with Crippen molar-refractivity contribution in [3.05, 3.63) is 24.4 Å². The molecule has 0 saturated carbocycles. The summed E-state index contributed by atoms with van der Waals surface area (Å²) < 4.78 is 4.30. The van der Waals surface area contributed by atoms with Crippen LogP contribution >= 0.6 is 0 Å². The molecule has 1 aromatic rings. The third kappa shape index (κ3) is 2.07. The van der Waals surface area contributed by atoms with Crippen molar-refractivity contribution in [2.75, 3.05) is 19.1 Å². The summed E-state index contributed by atoms with van der Waals surface area (Å²) in [5.74, 6) is -1.24. The van der Waals surface area contributed by atoms with Gasteiger partial charge in [0.1, 0.15) is 5.82 Å². The maximum atomic E-state index is 11.3. The number of hydrogen-bond acceptors (Lipinski definition) is 4. The molecule has 5 nitrogen and oxygen atoms in total. The van der Waals surface area contributed by atoms with E-state index in [2.05, 4.69) is 9.72 Å². The van der Waals surface area contributed by atoms with Crippen LogP contribution in [0.15, 0.2) is 24.4 Å². The van der Waals surface area contributed by atoms with Crippen molar-refractivity contribution < 1.29 is 14.3 Å². The second-order valence-electron chi connectivity index (χ2n) is 2.54. The van der Waals surface area contributed by atoms with Crippen LogP contribution in [0.5, 0.6) is 0 Å². The number of pyridine rings is 1. The Morgan fingerprint density at radius 1 is 1.43 bits per heavy atom. The van der Waals surface area contributed by atoms with Crippen LogP contribution in [0.2, 0.25) is 0 Å². The van der Waals surface area contributed by atoms with E-state index in [0.717, 1.165) is 12.0 Å². The predicted octanol–water partition coefficient (Wildman–Crippen LogP) is 0.217. The highest BCUT2D eigenvalue weighted by molar-refractivity contribution is 6.37. The second kappa shape index (κ2) is 4.36. The Morgan fingerprint density at radius 3 is 2.64 bits per heavy atom. The summed E-state index contributed by atoms with van der Waals surface area (Å²) in [6, 6.07) is 5.07. The molecule has 0 aromatic carbocycles. The van der Waals surface area contributed by atoms with Gasteiger partial charge in [0.25, 0.3) is 0 Å². The summed E-state index contributed by atoms with van der Waals surface area (Å²) in [5, 5.41) is 0. The molecule has 74 valence electrons. The van der Waals surface area contributed by atoms with Crippen molar-refractivity contribution in [2.24, 2.45) is 0 Å². The molecule has 0 N–H and O–H groups in total. The third-order valence-corrected chi connectivity index (χ3v) is 1.66. The fourth-order valence-corrected chi connectivity index (χ4v) is 0.880. The molecule has 1 aromatic heterocycles. The van der Waals surface area contributed by atoms with Crippen LogP contribution in [0.3, 0.4) is 0 Å². The number of amides is 1. The summed E-state index contributed by atoms with van der Waals surface area (Å²) in [7, 11) is 2.62. The van der Waals surface area contributed by atoms with Crippen molar-refractivity contribution in [3.8, 4) is 0 Å². The quantitative estimate of drug-likeness (QED) is 0.474. The maximum absolute atomic E-state index is 11.3. The van der Waals surface area contributed by atoms with Gasteiger partial charge >= 0.3 is 11.9 Å². The van der Waals surface area contributed by atoms with Gasteiger partial charge in [-0.2, -0.15) is 0 Å². The van der Waals surface area contributed by atoms with Crippen LogP contribution in [-0.2, 0) is 14.3 Å². The molecule has 5 heteroatoms. The molecule has 1 amide bonds. The largest absolute Gasteiger partial charge is 0.462 e. The Bertz CT molecular complexity index is 337. The van der Waals surface area contributed by atoms with Crippen LogP contribution in [0.4, 0.5) is 5.82 Å². The van der Waals surface area contributed by atoms with Gasteiger partial charge in [0.2, 0.25) is 0 Å². The van der Waals surface area contributed by atoms with Gasteiger partial charge in [0.05, 0.1) is 7.11 Å². The van der Waals surface area contributed by atoms with Gasteiger partial charge in [-0.3, -0.25) is 9.69 Å². The molecule has 0 spiro atoms. The second-order valence-corrected chi connectivity index (χ2v) is 2.54. The van der Waals surface area contributed by atoms with Crippen LogP contribution < -0.4 is 4.90 Å². The first kappa shape index (κ1) is 10.2. The van der Waals surface area contributed by atoms with Crippen LogP contribution in [0, 0.1) is 0 Å². The van der Waals surface area contributed by atoms with E-state index in [1.165, 1.54) is 13.2 Å². The molecule has 0 fully saturated rings. The van der Waals surface area contributed by atoms with E-state index in [0.29, 0.717) is 5.82 Å². The molecule has 0 aliphatic heterocycles. The van der Waals surface area contributed by atoms with Gasteiger partial charge in [0, 0.05) is 13.2 Å². The Balaban J connectivity index is 2.81. The number of esters is 1. The maximum Gasteiger partial charge on any atom is 0.397 e. The predicted molar refractivity (Wildman–Crippen MR) is 49.7 cm³/mol. The topological polar surface area (TPSA) is 59.5 Å². The van der Waals surface area contributed by atoms with E-state index in [1.807, 2.05) is 0 Å². The highest BCUT2D eigenvalue weighted by Crippen LogP contribution is 2.06. The van der Waals surface area contributed by atoms with Crippen molar-refractivity contribution >= 4 is 17.7 Å². The lowest BCUT2D eigenvalue weighted by molar-refractivity contribution is -0.151. The Labute approximate surface area is 81.3 Å². The first-order valence-corrected chi connectivity index (χ1v) is 3.94. The van der Waals surface area contributed by atoms with Gasteiger partial charge in [-0.25, -0.2) is 9.78 Å². The van der Waals surface area contributed by atoms with E-state index >= 15 is 0 Å².